The maximum Gasteiger partial charge on any atom is 0.270 e. The molecule has 0 fully saturated rings. The molecule has 1 aliphatic rings. The number of aromatic nitrogens is 1. The van der Waals surface area contributed by atoms with Crippen molar-refractivity contribution in [3.05, 3.63) is 81.1 Å². The molecule has 1 amide bonds. The van der Waals surface area contributed by atoms with Crippen LogP contribution in [0.2, 0.25) is 0 Å². The predicted octanol–water partition coefficient (Wildman–Crippen LogP) is 3.04. The van der Waals surface area contributed by atoms with E-state index in [0.29, 0.717) is 29.7 Å². The van der Waals surface area contributed by atoms with Crippen LogP contribution >= 0.6 is 0 Å². The van der Waals surface area contributed by atoms with E-state index in [0.717, 1.165) is 12.0 Å². The van der Waals surface area contributed by atoms with Crippen LogP contribution in [0.3, 0.4) is 0 Å². The van der Waals surface area contributed by atoms with Gasteiger partial charge in [-0.15, -0.1) is 0 Å². The lowest BCUT2D eigenvalue weighted by Gasteiger charge is -2.28. The fourth-order valence-corrected chi connectivity index (χ4v) is 3.44. The van der Waals surface area contributed by atoms with Crippen LogP contribution in [-0.4, -0.2) is 22.3 Å². The number of amides is 1. The zero-order valence-electron chi connectivity index (χ0n) is 13.5. The van der Waals surface area contributed by atoms with Crippen molar-refractivity contribution in [1.29, 1.82) is 0 Å². The van der Waals surface area contributed by atoms with Gasteiger partial charge in [-0.2, -0.15) is 0 Å². The minimum absolute atomic E-state index is 0.109. The van der Waals surface area contributed by atoms with E-state index in [4.69, 9.17) is 0 Å². The Bertz CT molecular complexity index is 1000. The molecule has 120 valence electrons. The van der Waals surface area contributed by atoms with Crippen LogP contribution in [-0.2, 0) is 13.0 Å². The molecule has 1 aromatic heterocycles. The Labute approximate surface area is 139 Å². The molecule has 0 spiro atoms. The van der Waals surface area contributed by atoms with E-state index in [1.54, 1.807) is 4.90 Å². The summed E-state index contributed by atoms with van der Waals surface area (Å²) < 4.78 is 0. The summed E-state index contributed by atoms with van der Waals surface area (Å²) in [5, 5.41) is 0.651. The number of hydrogen-bond donors (Lipinski definition) is 1. The number of nitrogens with one attached hydrogen (secondary N) is 1. The lowest BCUT2D eigenvalue weighted by Crippen LogP contribution is -2.36. The van der Waals surface area contributed by atoms with Crippen molar-refractivity contribution in [2.75, 3.05) is 6.54 Å². The van der Waals surface area contributed by atoms with Gasteiger partial charge < -0.3 is 9.88 Å². The fraction of sp³-hybridized carbons (Fsp3) is 0.200. The number of aryl methyl sites for hydroxylation is 1. The molecule has 0 bridgehead atoms. The maximum atomic E-state index is 12.8. The molecule has 0 aliphatic carbocycles. The third kappa shape index (κ3) is 2.40. The van der Waals surface area contributed by atoms with Gasteiger partial charge in [0.1, 0.15) is 5.69 Å². The first-order valence-corrected chi connectivity index (χ1v) is 8.12. The number of hydrogen-bond acceptors (Lipinski definition) is 2. The Morgan fingerprint density at radius 3 is 2.71 bits per heavy atom. The number of pyridine rings is 1. The second-order valence-electron chi connectivity index (χ2n) is 6.29. The molecule has 24 heavy (non-hydrogen) atoms. The van der Waals surface area contributed by atoms with Gasteiger partial charge >= 0.3 is 0 Å². The molecular weight excluding hydrogens is 300 g/mol. The van der Waals surface area contributed by atoms with Crippen molar-refractivity contribution in [1.82, 2.24) is 9.88 Å². The summed E-state index contributed by atoms with van der Waals surface area (Å²) in [6.45, 7) is 3.16. The largest absolute Gasteiger partial charge is 0.350 e. The molecule has 2 heterocycles. The minimum atomic E-state index is -0.120. The Hall–Kier alpha value is -2.88. The van der Waals surface area contributed by atoms with Crippen molar-refractivity contribution in [2.45, 2.75) is 19.9 Å². The normalized spacial score (nSPS) is 13.8. The van der Waals surface area contributed by atoms with E-state index < -0.39 is 0 Å². The molecule has 4 heteroatoms. The molecule has 4 rings (SSSR count). The van der Waals surface area contributed by atoms with Crippen LogP contribution in [0.25, 0.3) is 10.9 Å². The number of nitrogens with zero attached hydrogens (tertiary/aromatic N) is 1. The Morgan fingerprint density at radius 2 is 1.88 bits per heavy atom. The number of H-pyrrole nitrogens is 1. The molecular formula is C20H18N2O2. The zero-order chi connectivity index (χ0) is 16.7. The SMILES string of the molecule is Cc1cccc2[nH]c(C(=O)N3CCc4ccccc4C3)cc(=O)c12. The van der Waals surface area contributed by atoms with E-state index in [9.17, 15) is 9.59 Å². The van der Waals surface area contributed by atoms with Crippen molar-refractivity contribution in [2.24, 2.45) is 0 Å². The molecule has 0 radical (unpaired) electrons. The smallest absolute Gasteiger partial charge is 0.270 e. The summed E-state index contributed by atoms with van der Waals surface area (Å²) in [7, 11) is 0. The lowest BCUT2D eigenvalue weighted by atomic mass is 9.99. The van der Waals surface area contributed by atoms with Gasteiger partial charge in [0, 0.05) is 24.5 Å². The molecule has 0 saturated carbocycles. The molecule has 0 unspecified atom stereocenters. The molecule has 3 aromatic rings. The van der Waals surface area contributed by atoms with Gasteiger partial charge in [0.15, 0.2) is 5.43 Å². The quantitative estimate of drug-likeness (QED) is 0.750. The molecule has 1 aliphatic heterocycles. The maximum absolute atomic E-state index is 12.8. The van der Waals surface area contributed by atoms with Crippen LogP contribution < -0.4 is 5.43 Å². The Morgan fingerprint density at radius 1 is 1.08 bits per heavy atom. The predicted molar refractivity (Wildman–Crippen MR) is 94.2 cm³/mol. The second kappa shape index (κ2) is 5.64. The fourth-order valence-electron chi connectivity index (χ4n) is 3.44. The van der Waals surface area contributed by atoms with Crippen LogP contribution in [0.1, 0.15) is 27.2 Å². The van der Waals surface area contributed by atoms with Gasteiger partial charge in [-0.3, -0.25) is 9.59 Å². The zero-order valence-corrected chi connectivity index (χ0v) is 13.5. The van der Waals surface area contributed by atoms with Gasteiger partial charge in [-0.05, 0) is 36.1 Å². The van der Waals surface area contributed by atoms with E-state index in [-0.39, 0.29) is 11.3 Å². The highest BCUT2D eigenvalue weighted by Gasteiger charge is 2.22. The van der Waals surface area contributed by atoms with Gasteiger partial charge in [0.05, 0.1) is 5.52 Å². The summed E-state index contributed by atoms with van der Waals surface area (Å²) in [6, 6.07) is 15.2. The molecule has 2 aromatic carbocycles. The van der Waals surface area contributed by atoms with Gasteiger partial charge in [0.2, 0.25) is 0 Å². The highest BCUT2D eigenvalue weighted by Crippen LogP contribution is 2.20. The first-order valence-electron chi connectivity index (χ1n) is 8.12. The number of fused-ring (bicyclic) bond motifs is 2. The topological polar surface area (TPSA) is 53.2 Å². The number of aromatic amines is 1. The number of benzene rings is 2. The van der Waals surface area contributed by atoms with Crippen LogP contribution in [0.15, 0.2) is 53.3 Å². The number of carbonyl (C=O) groups excluding carboxylic acids is 1. The van der Waals surface area contributed by atoms with Gasteiger partial charge in [-0.1, -0.05) is 36.4 Å². The van der Waals surface area contributed by atoms with Crippen LogP contribution in [0, 0.1) is 6.92 Å². The average Bonchev–Trinajstić information content (AvgIpc) is 2.60. The Balaban J connectivity index is 1.71. The number of rotatable bonds is 1. The van der Waals surface area contributed by atoms with Crippen molar-refractivity contribution < 1.29 is 4.79 Å². The number of carbonyl (C=O) groups is 1. The highest BCUT2D eigenvalue weighted by molar-refractivity contribution is 5.95. The minimum Gasteiger partial charge on any atom is -0.350 e. The lowest BCUT2D eigenvalue weighted by molar-refractivity contribution is 0.0729. The third-order valence-electron chi connectivity index (χ3n) is 4.71. The van der Waals surface area contributed by atoms with Gasteiger partial charge in [-0.25, -0.2) is 0 Å². The summed E-state index contributed by atoms with van der Waals surface area (Å²) in [6.07, 6.45) is 0.846. The van der Waals surface area contributed by atoms with Crippen LogP contribution in [0.5, 0.6) is 0 Å². The third-order valence-corrected chi connectivity index (χ3v) is 4.71. The first kappa shape index (κ1) is 14.7. The van der Waals surface area contributed by atoms with E-state index in [1.807, 2.05) is 37.3 Å². The molecule has 4 nitrogen and oxygen atoms in total. The van der Waals surface area contributed by atoms with Crippen molar-refractivity contribution >= 4 is 16.8 Å². The molecule has 0 atom stereocenters. The average molecular weight is 318 g/mol. The monoisotopic (exact) mass is 318 g/mol. The van der Waals surface area contributed by atoms with Gasteiger partial charge in [0.25, 0.3) is 5.91 Å². The van der Waals surface area contributed by atoms with Crippen molar-refractivity contribution in [3.8, 4) is 0 Å². The van der Waals surface area contributed by atoms with E-state index in [1.165, 1.54) is 17.2 Å². The summed E-state index contributed by atoms with van der Waals surface area (Å²) in [5.41, 5.74) is 4.35. The summed E-state index contributed by atoms with van der Waals surface area (Å²) in [4.78, 5) is 30.2. The van der Waals surface area contributed by atoms with E-state index >= 15 is 0 Å². The Kier molecular flexibility index (Phi) is 3.45. The second-order valence-corrected chi connectivity index (χ2v) is 6.29. The van der Waals surface area contributed by atoms with Crippen LogP contribution in [0.4, 0.5) is 0 Å². The van der Waals surface area contributed by atoms with E-state index in [2.05, 4.69) is 17.1 Å². The standard InChI is InChI=1S/C20H18N2O2/c1-13-5-4-8-16-19(13)18(23)11-17(21-16)20(24)22-10-9-14-6-2-3-7-15(14)12-22/h2-8,11H,9-10,12H2,1H3,(H,21,23). The molecule has 0 saturated heterocycles. The molecule has 1 N–H and O–H groups in total. The highest BCUT2D eigenvalue weighted by atomic mass is 16.2. The van der Waals surface area contributed by atoms with Crippen molar-refractivity contribution in [3.63, 3.8) is 0 Å². The summed E-state index contributed by atoms with van der Waals surface area (Å²) in [5.74, 6) is -0.120. The summed E-state index contributed by atoms with van der Waals surface area (Å²) >= 11 is 0. The first-order chi connectivity index (χ1) is 11.6.